The molecule has 2 aromatic rings. The van der Waals surface area contributed by atoms with Crippen molar-refractivity contribution in [2.24, 2.45) is 0 Å². The van der Waals surface area contributed by atoms with Crippen LogP contribution in [0.4, 0.5) is 5.69 Å². The number of hydrogen-bond donors (Lipinski definition) is 1. The molecule has 2 nitrogen and oxygen atoms in total. The Morgan fingerprint density at radius 2 is 1.75 bits per heavy atom. The summed E-state index contributed by atoms with van der Waals surface area (Å²) in [6.07, 6.45) is 0. The van der Waals surface area contributed by atoms with E-state index in [-0.39, 0.29) is 6.04 Å². The number of rotatable bonds is 5. The molecule has 0 aromatic heterocycles. The highest BCUT2D eigenvalue weighted by Crippen LogP contribution is 2.24. The normalized spacial score (nSPS) is 12.0. The van der Waals surface area contributed by atoms with Crippen LogP contribution in [0, 0.1) is 13.8 Å². The predicted octanol–water partition coefficient (Wildman–Crippen LogP) is 4.88. The number of hydrogen-bond acceptors (Lipinski definition) is 2. The zero-order valence-electron chi connectivity index (χ0n) is 12.7. The van der Waals surface area contributed by atoms with E-state index >= 15 is 0 Å². The molecule has 0 saturated carbocycles. The van der Waals surface area contributed by atoms with Crippen LogP contribution >= 0.6 is 0 Å². The van der Waals surface area contributed by atoms with Gasteiger partial charge in [-0.15, -0.1) is 0 Å². The molecule has 0 aliphatic carbocycles. The number of aryl methyl sites for hydroxylation is 2. The van der Waals surface area contributed by atoms with E-state index in [0.717, 1.165) is 11.4 Å². The van der Waals surface area contributed by atoms with Crippen molar-refractivity contribution in [1.82, 2.24) is 0 Å². The van der Waals surface area contributed by atoms with Gasteiger partial charge in [-0.25, -0.2) is 0 Å². The van der Waals surface area contributed by atoms with Crippen LogP contribution in [0.5, 0.6) is 5.75 Å². The Labute approximate surface area is 121 Å². The van der Waals surface area contributed by atoms with Gasteiger partial charge in [-0.05, 0) is 45.4 Å². The fraction of sp³-hybridized carbons (Fsp3) is 0.333. The summed E-state index contributed by atoms with van der Waals surface area (Å²) in [4.78, 5) is 0. The molecular weight excluding hydrogens is 246 g/mol. The summed E-state index contributed by atoms with van der Waals surface area (Å²) < 4.78 is 5.53. The molecule has 2 aromatic carbocycles. The number of benzene rings is 2. The van der Waals surface area contributed by atoms with E-state index in [1.54, 1.807) is 0 Å². The summed E-state index contributed by atoms with van der Waals surface area (Å²) in [5, 5.41) is 3.53. The fourth-order valence-electron chi connectivity index (χ4n) is 2.44. The zero-order valence-corrected chi connectivity index (χ0v) is 12.7. The molecule has 1 unspecified atom stereocenters. The Balaban J connectivity index is 2.14. The first-order valence-corrected chi connectivity index (χ1v) is 7.16. The molecule has 106 valence electrons. The van der Waals surface area contributed by atoms with E-state index in [9.17, 15) is 0 Å². The minimum Gasteiger partial charge on any atom is -0.494 e. The van der Waals surface area contributed by atoms with Gasteiger partial charge in [0.2, 0.25) is 0 Å². The monoisotopic (exact) mass is 269 g/mol. The molecule has 1 atom stereocenters. The van der Waals surface area contributed by atoms with Crippen molar-refractivity contribution in [2.45, 2.75) is 33.7 Å². The van der Waals surface area contributed by atoms with E-state index < -0.39 is 0 Å². The third kappa shape index (κ3) is 3.77. The Kier molecular flexibility index (Phi) is 4.67. The summed E-state index contributed by atoms with van der Waals surface area (Å²) in [6, 6.07) is 15.0. The summed E-state index contributed by atoms with van der Waals surface area (Å²) in [7, 11) is 0. The van der Waals surface area contributed by atoms with Crippen molar-refractivity contribution in [1.29, 1.82) is 0 Å². The average molecular weight is 269 g/mol. The second-order valence-electron chi connectivity index (χ2n) is 5.25. The Morgan fingerprint density at radius 3 is 2.40 bits per heavy atom. The van der Waals surface area contributed by atoms with Crippen molar-refractivity contribution < 1.29 is 4.74 Å². The Morgan fingerprint density at radius 1 is 1.05 bits per heavy atom. The van der Waals surface area contributed by atoms with E-state index in [1.165, 1.54) is 16.7 Å². The molecule has 0 saturated heterocycles. The first-order chi connectivity index (χ1) is 9.58. The molecule has 0 heterocycles. The van der Waals surface area contributed by atoms with E-state index in [1.807, 2.05) is 25.1 Å². The molecule has 0 spiro atoms. The van der Waals surface area contributed by atoms with Gasteiger partial charge in [0, 0.05) is 17.8 Å². The van der Waals surface area contributed by atoms with Crippen LogP contribution in [-0.2, 0) is 0 Å². The van der Waals surface area contributed by atoms with Crippen LogP contribution < -0.4 is 10.1 Å². The SMILES string of the molecule is CCOc1cccc(NC(C)c2cc(C)cc(C)c2)c1. The quantitative estimate of drug-likeness (QED) is 0.835. The minimum absolute atomic E-state index is 0.269. The Hall–Kier alpha value is -1.96. The van der Waals surface area contributed by atoms with Crippen molar-refractivity contribution in [3.05, 3.63) is 59.2 Å². The second-order valence-corrected chi connectivity index (χ2v) is 5.25. The van der Waals surface area contributed by atoms with Gasteiger partial charge >= 0.3 is 0 Å². The third-order valence-electron chi connectivity index (χ3n) is 3.27. The molecule has 2 heteroatoms. The fourth-order valence-corrected chi connectivity index (χ4v) is 2.44. The van der Waals surface area contributed by atoms with Gasteiger partial charge in [-0.3, -0.25) is 0 Å². The lowest BCUT2D eigenvalue weighted by Crippen LogP contribution is -2.07. The van der Waals surface area contributed by atoms with Gasteiger partial charge in [0.15, 0.2) is 0 Å². The smallest absolute Gasteiger partial charge is 0.121 e. The summed E-state index contributed by atoms with van der Waals surface area (Å²) >= 11 is 0. The van der Waals surface area contributed by atoms with Crippen LogP contribution in [0.3, 0.4) is 0 Å². The van der Waals surface area contributed by atoms with Crippen molar-refractivity contribution in [2.75, 3.05) is 11.9 Å². The standard InChI is InChI=1S/C18H23NO/c1-5-20-18-8-6-7-17(12-18)19-15(4)16-10-13(2)9-14(3)11-16/h6-12,15,19H,5H2,1-4H3. The zero-order chi connectivity index (χ0) is 14.5. The molecule has 2 rings (SSSR count). The maximum Gasteiger partial charge on any atom is 0.121 e. The number of ether oxygens (including phenoxy) is 1. The maximum atomic E-state index is 5.53. The summed E-state index contributed by atoms with van der Waals surface area (Å²) in [6.45, 7) is 9.15. The summed E-state index contributed by atoms with van der Waals surface area (Å²) in [5.74, 6) is 0.908. The minimum atomic E-state index is 0.269. The van der Waals surface area contributed by atoms with Gasteiger partial charge < -0.3 is 10.1 Å². The largest absolute Gasteiger partial charge is 0.494 e. The third-order valence-corrected chi connectivity index (χ3v) is 3.27. The number of nitrogens with one attached hydrogen (secondary N) is 1. The molecule has 0 amide bonds. The lowest BCUT2D eigenvalue weighted by atomic mass is 10.0. The van der Waals surface area contributed by atoms with Gasteiger partial charge in [-0.1, -0.05) is 35.4 Å². The topological polar surface area (TPSA) is 21.3 Å². The van der Waals surface area contributed by atoms with Gasteiger partial charge in [0.25, 0.3) is 0 Å². The highest BCUT2D eigenvalue weighted by Gasteiger charge is 2.07. The van der Waals surface area contributed by atoms with Crippen molar-refractivity contribution in [3.63, 3.8) is 0 Å². The molecule has 20 heavy (non-hydrogen) atoms. The molecule has 0 fully saturated rings. The first kappa shape index (κ1) is 14.4. The molecule has 0 bridgehead atoms. The lowest BCUT2D eigenvalue weighted by Gasteiger charge is -2.17. The summed E-state index contributed by atoms with van der Waals surface area (Å²) in [5.41, 5.74) is 5.00. The number of anilines is 1. The highest BCUT2D eigenvalue weighted by atomic mass is 16.5. The van der Waals surface area contributed by atoms with Crippen molar-refractivity contribution >= 4 is 5.69 Å². The predicted molar refractivity (Wildman–Crippen MR) is 85.6 cm³/mol. The molecular formula is C18H23NO. The average Bonchev–Trinajstić information content (AvgIpc) is 2.38. The molecule has 0 radical (unpaired) electrons. The van der Waals surface area contributed by atoms with Crippen LogP contribution in [0.15, 0.2) is 42.5 Å². The van der Waals surface area contributed by atoms with Crippen LogP contribution in [-0.4, -0.2) is 6.61 Å². The van der Waals surface area contributed by atoms with Gasteiger partial charge in [0.05, 0.1) is 6.61 Å². The second kappa shape index (κ2) is 6.47. The van der Waals surface area contributed by atoms with E-state index in [4.69, 9.17) is 4.74 Å². The van der Waals surface area contributed by atoms with Crippen LogP contribution in [0.1, 0.15) is 36.6 Å². The van der Waals surface area contributed by atoms with E-state index in [2.05, 4.69) is 50.4 Å². The van der Waals surface area contributed by atoms with E-state index in [0.29, 0.717) is 6.61 Å². The maximum absolute atomic E-state index is 5.53. The molecule has 1 N–H and O–H groups in total. The van der Waals surface area contributed by atoms with Gasteiger partial charge in [0.1, 0.15) is 5.75 Å². The molecule has 0 aliphatic rings. The molecule has 0 aliphatic heterocycles. The van der Waals surface area contributed by atoms with Crippen molar-refractivity contribution in [3.8, 4) is 5.75 Å². The first-order valence-electron chi connectivity index (χ1n) is 7.16. The van der Waals surface area contributed by atoms with Gasteiger partial charge in [-0.2, -0.15) is 0 Å². The Bertz CT molecular complexity index is 557. The van der Waals surface area contributed by atoms with Crippen LogP contribution in [0.25, 0.3) is 0 Å². The lowest BCUT2D eigenvalue weighted by molar-refractivity contribution is 0.340. The highest BCUT2D eigenvalue weighted by molar-refractivity contribution is 5.50. The van der Waals surface area contributed by atoms with Crippen LogP contribution in [0.2, 0.25) is 0 Å².